The summed E-state index contributed by atoms with van der Waals surface area (Å²) in [5.74, 6) is 0. The van der Waals surface area contributed by atoms with Crippen molar-refractivity contribution >= 4 is 20.9 Å². The molecule has 104 valence electrons. The van der Waals surface area contributed by atoms with Gasteiger partial charge in [0.2, 0.25) is 0 Å². The van der Waals surface area contributed by atoms with Crippen molar-refractivity contribution < 1.29 is 14.0 Å². The number of benzene rings is 1. The third-order valence-electron chi connectivity index (χ3n) is 3.72. The minimum absolute atomic E-state index is 0.142. The fourth-order valence-corrected chi connectivity index (χ4v) is 2.41. The molecular weight excluding hydrogens is 256 g/mol. The van der Waals surface area contributed by atoms with Crippen molar-refractivity contribution in [1.82, 2.24) is 0 Å². The van der Waals surface area contributed by atoms with Crippen molar-refractivity contribution in [2.24, 2.45) is 0 Å². The maximum absolute atomic E-state index is 10.8. The predicted molar refractivity (Wildman–Crippen MR) is 79.2 cm³/mol. The summed E-state index contributed by atoms with van der Waals surface area (Å²) >= 11 is 0. The Morgan fingerprint density at radius 3 is 1.89 bits per heavy atom. The summed E-state index contributed by atoms with van der Waals surface area (Å²) in [6, 6.07) is 5.12. The fraction of sp³-hybridized carbons (Fsp3) is 0.467. The first kappa shape index (κ1) is 15.8. The van der Waals surface area contributed by atoms with E-state index in [1.54, 1.807) is 18.2 Å². The van der Waals surface area contributed by atoms with Crippen LogP contribution in [0, 0.1) is 0 Å². The molecule has 0 aliphatic heterocycles. The minimum atomic E-state index is -1.82. The van der Waals surface area contributed by atoms with Crippen molar-refractivity contribution in [3.8, 4) is 0 Å². The summed E-state index contributed by atoms with van der Waals surface area (Å²) < 4.78 is 6.09. The maximum Gasteiger partial charge on any atom is 0.192 e. The quantitative estimate of drug-likeness (QED) is 0.607. The van der Waals surface area contributed by atoms with Gasteiger partial charge in [-0.3, -0.25) is 9.59 Å². The average molecular weight is 278 g/mol. The summed E-state index contributed by atoms with van der Waals surface area (Å²) in [6.07, 6.45) is 1.51. The molecule has 0 unspecified atom stereocenters. The van der Waals surface area contributed by atoms with Crippen LogP contribution >= 0.6 is 0 Å². The number of hydrogen-bond donors (Lipinski definition) is 0. The van der Waals surface area contributed by atoms with E-state index < -0.39 is 8.32 Å². The van der Waals surface area contributed by atoms with Crippen molar-refractivity contribution in [2.75, 3.05) is 0 Å². The lowest BCUT2D eigenvalue weighted by Gasteiger charge is -2.36. The molecule has 0 spiro atoms. The van der Waals surface area contributed by atoms with Crippen LogP contribution in [0.5, 0.6) is 0 Å². The van der Waals surface area contributed by atoms with Crippen LogP contribution in [0.3, 0.4) is 0 Å². The van der Waals surface area contributed by atoms with E-state index in [2.05, 4.69) is 33.9 Å². The van der Waals surface area contributed by atoms with Crippen LogP contribution in [0.1, 0.15) is 47.1 Å². The summed E-state index contributed by atoms with van der Waals surface area (Å²) in [7, 11) is -1.82. The Morgan fingerprint density at radius 2 is 1.53 bits per heavy atom. The highest BCUT2D eigenvalue weighted by atomic mass is 28.4. The van der Waals surface area contributed by atoms with Crippen LogP contribution in [-0.4, -0.2) is 20.9 Å². The molecular formula is C15H22O3Si. The molecule has 1 aromatic carbocycles. The van der Waals surface area contributed by atoms with Crippen LogP contribution in [0.15, 0.2) is 18.2 Å². The highest BCUT2D eigenvalue weighted by Gasteiger charge is 2.37. The van der Waals surface area contributed by atoms with Crippen LogP contribution in [0.4, 0.5) is 0 Å². The topological polar surface area (TPSA) is 43.4 Å². The zero-order valence-electron chi connectivity index (χ0n) is 12.3. The summed E-state index contributed by atoms with van der Waals surface area (Å²) in [5, 5.41) is 0.142. The van der Waals surface area contributed by atoms with Gasteiger partial charge in [-0.2, -0.15) is 0 Å². The Kier molecular flexibility index (Phi) is 4.82. The smallest absolute Gasteiger partial charge is 0.192 e. The molecule has 0 saturated heterocycles. The van der Waals surface area contributed by atoms with Gasteiger partial charge in [-0.05, 0) is 41.9 Å². The van der Waals surface area contributed by atoms with Gasteiger partial charge in [0, 0.05) is 11.1 Å². The van der Waals surface area contributed by atoms with Crippen molar-refractivity contribution in [2.45, 2.75) is 45.5 Å². The monoisotopic (exact) mass is 278 g/mol. The molecule has 3 nitrogen and oxygen atoms in total. The van der Waals surface area contributed by atoms with Gasteiger partial charge in [-0.15, -0.1) is 0 Å². The zero-order valence-corrected chi connectivity index (χ0v) is 13.3. The van der Waals surface area contributed by atoms with Gasteiger partial charge in [-0.25, -0.2) is 0 Å². The number of hydrogen-bond acceptors (Lipinski definition) is 3. The molecule has 1 rings (SSSR count). The molecule has 0 aliphatic rings. The van der Waals surface area contributed by atoms with Gasteiger partial charge in [0.25, 0.3) is 0 Å². The van der Waals surface area contributed by atoms with E-state index in [0.29, 0.717) is 17.7 Å². The van der Waals surface area contributed by atoms with Gasteiger partial charge in [-0.1, -0.05) is 20.8 Å². The van der Waals surface area contributed by atoms with Crippen molar-refractivity contribution in [3.05, 3.63) is 34.9 Å². The molecule has 0 aromatic heterocycles. The Labute approximate surface area is 116 Å². The van der Waals surface area contributed by atoms with E-state index in [-0.39, 0.29) is 5.04 Å². The number of carbonyl (C=O) groups excluding carboxylic acids is 2. The van der Waals surface area contributed by atoms with E-state index in [1.165, 1.54) is 0 Å². The van der Waals surface area contributed by atoms with Crippen LogP contribution in [0.25, 0.3) is 0 Å². The molecule has 0 radical (unpaired) electrons. The highest BCUT2D eigenvalue weighted by Crippen LogP contribution is 2.37. The van der Waals surface area contributed by atoms with E-state index in [4.69, 9.17) is 4.43 Å². The molecule has 0 heterocycles. The second kappa shape index (κ2) is 5.80. The Bertz CT molecular complexity index is 447. The SMILES string of the molecule is CC(C)(C)[Si](C)(C)OCc1cc(C=O)cc(C=O)c1. The standard InChI is InChI=1S/C15H22O3Si/c1-15(2,3)19(4,5)18-11-14-7-12(9-16)6-13(8-14)10-17/h6-10H,11H2,1-5H3. The van der Waals surface area contributed by atoms with Gasteiger partial charge in [0.15, 0.2) is 8.32 Å². The van der Waals surface area contributed by atoms with E-state index in [1.807, 2.05) is 0 Å². The first-order valence-electron chi connectivity index (χ1n) is 6.38. The van der Waals surface area contributed by atoms with E-state index in [0.717, 1.165) is 18.1 Å². The molecule has 19 heavy (non-hydrogen) atoms. The van der Waals surface area contributed by atoms with Gasteiger partial charge < -0.3 is 4.43 Å². The lowest BCUT2D eigenvalue weighted by Crippen LogP contribution is -2.40. The van der Waals surface area contributed by atoms with Crippen molar-refractivity contribution in [1.29, 1.82) is 0 Å². The lowest BCUT2D eigenvalue weighted by molar-refractivity contribution is 0.112. The molecule has 0 amide bonds. The summed E-state index contributed by atoms with van der Waals surface area (Å²) in [6.45, 7) is 11.3. The number of carbonyl (C=O) groups is 2. The molecule has 1 aromatic rings. The molecule has 0 N–H and O–H groups in total. The third kappa shape index (κ3) is 4.11. The second-order valence-corrected chi connectivity index (χ2v) is 11.1. The van der Waals surface area contributed by atoms with Gasteiger partial charge >= 0.3 is 0 Å². The largest absolute Gasteiger partial charge is 0.413 e. The van der Waals surface area contributed by atoms with Crippen molar-refractivity contribution in [3.63, 3.8) is 0 Å². The number of rotatable bonds is 5. The first-order chi connectivity index (χ1) is 8.69. The summed E-state index contributed by atoms with van der Waals surface area (Å²) in [4.78, 5) is 21.7. The minimum Gasteiger partial charge on any atom is -0.413 e. The van der Waals surface area contributed by atoms with Gasteiger partial charge in [0.05, 0.1) is 6.61 Å². The average Bonchev–Trinajstić information content (AvgIpc) is 2.34. The van der Waals surface area contributed by atoms with Crippen LogP contribution < -0.4 is 0 Å². The molecule has 4 heteroatoms. The molecule has 0 atom stereocenters. The molecule has 0 fully saturated rings. The number of aldehydes is 2. The second-order valence-electron chi connectivity index (χ2n) is 6.29. The summed E-state index contributed by atoms with van der Waals surface area (Å²) in [5.41, 5.74) is 1.90. The third-order valence-corrected chi connectivity index (χ3v) is 8.19. The maximum atomic E-state index is 10.8. The molecule has 0 bridgehead atoms. The molecule has 0 aliphatic carbocycles. The molecule has 0 saturated carbocycles. The first-order valence-corrected chi connectivity index (χ1v) is 9.29. The normalized spacial score (nSPS) is 12.3. The van der Waals surface area contributed by atoms with E-state index >= 15 is 0 Å². The predicted octanol–water partition coefficient (Wildman–Crippen LogP) is 3.83. The van der Waals surface area contributed by atoms with Crippen LogP contribution in [-0.2, 0) is 11.0 Å². The highest BCUT2D eigenvalue weighted by molar-refractivity contribution is 6.74. The lowest BCUT2D eigenvalue weighted by atomic mass is 10.1. The Hall–Kier alpha value is -1.26. The van der Waals surface area contributed by atoms with Gasteiger partial charge in [0.1, 0.15) is 12.6 Å². The Balaban J connectivity index is 2.89. The zero-order chi connectivity index (χ0) is 14.7. The Morgan fingerprint density at radius 1 is 1.05 bits per heavy atom. The van der Waals surface area contributed by atoms with Crippen LogP contribution in [0.2, 0.25) is 18.1 Å². The van der Waals surface area contributed by atoms with E-state index in [9.17, 15) is 9.59 Å². The fourth-order valence-electron chi connectivity index (χ4n) is 1.45.